The Morgan fingerprint density at radius 3 is 2.54 bits per heavy atom. The number of ether oxygens (including phenoxy) is 1. The van der Waals surface area contributed by atoms with E-state index in [1.165, 1.54) is 16.7 Å². The summed E-state index contributed by atoms with van der Waals surface area (Å²) in [5.41, 5.74) is 0.744. The summed E-state index contributed by atoms with van der Waals surface area (Å²) in [5, 5.41) is 3.55. The van der Waals surface area contributed by atoms with Crippen LogP contribution in [0.2, 0.25) is 10.0 Å². The molecule has 1 aliphatic heterocycles. The molecule has 0 aliphatic carbocycles. The number of nitrogens with one attached hydrogen (secondary N) is 1. The van der Waals surface area contributed by atoms with E-state index in [9.17, 15) is 14.4 Å². The van der Waals surface area contributed by atoms with Crippen molar-refractivity contribution in [1.29, 1.82) is 0 Å². The number of nitrogens with zero attached hydrogens (tertiary/aromatic N) is 3. The first kappa shape index (κ1) is 26.5. The molecule has 0 fully saturated rings. The number of benzene rings is 3. The van der Waals surface area contributed by atoms with E-state index in [-0.39, 0.29) is 22.3 Å². The van der Waals surface area contributed by atoms with Gasteiger partial charge in [0.15, 0.2) is 5.17 Å². The molecule has 0 atom stereocenters. The van der Waals surface area contributed by atoms with E-state index < -0.39 is 17.3 Å². The number of rotatable bonds is 7. The van der Waals surface area contributed by atoms with Gasteiger partial charge in [-0.3, -0.25) is 19.0 Å². The summed E-state index contributed by atoms with van der Waals surface area (Å²) in [7, 11) is 1.54. The normalized spacial score (nSPS) is 14.1. The molecule has 1 aromatic heterocycles. The number of halogens is 2. The maximum Gasteiger partial charge on any atom is 0.438 e. The number of carbonyl (C=O) groups excluding carboxylic acids is 2. The highest BCUT2D eigenvalue weighted by molar-refractivity contribution is 8.14. The number of Topliss-reactive ketones (excluding diaryl/α,β-unsaturated/α-hetero) is 1. The number of hydrogen-bond acceptors (Lipinski definition) is 7. The summed E-state index contributed by atoms with van der Waals surface area (Å²) in [4.78, 5) is 45.0. The van der Waals surface area contributed by atoms with Crippen LogP contribution < -0.4 is 19.9 Å². The highest BCUT2D eigenvalue weighted by Gasteiger charge is 2.35. The molecule has 2 heterocycles. The van der Waals surface area contributed by atoms with Gasteiger partial charge < -0.3 is 4.74 Å². The Bertz CT molecular complexity index is 1680. The quantitative estimate of drug-likeness (QED) is 0.188. The standard InChI is InChI=1S/C27H18Cl2N4O5S/c1-37-20-11-9-19(10-12-20)33-24(26(36)38-31-33)23(34)15-39-27-30-22(13-16-7-8-17(28)14-21(16)29)25(35)32(27)18-5-3-2-4-6-18/h2-14H,15H2,1H3/p+1/b22-13+. The van der Waals surface area contributed by atoms with Gasteiger partial charge in [-0.2, -0.15) is 0 Å². The van der Waals surface area contributed by atoms with Crippen LogP contribution in [0.5, 0.6) is 5.75 Å². The predicted molar refractivity (Wildman–Crippen MR) is 150 cm³/mol. The third-order valence-electron chi connectivity index (χ3n) is 5.67. The van der Waals surface area contributed by atoms with Gasteiger partial charge in [0, 0.05) is 22.2 Å². The highest BCUT2D eigenvalue weighted by Crippen LogP contribution is 2.31. The number of thioether (sulfide) groups is 1. The number of methoxy groups -OCH3 is 1. The van der Waals surface area contributed by atoms with E-state index in [2.05, 4.69) is 10.3 Å². The summed E-state index contributed by atoms with van der Waals surface area (Å²) in [5.74, 6) is -0.491. The van der Waals surface area contributed by atoms with Gasteiger partial charge in [0.2, 0.25) is 11.5 Å². The van der Waals surface area contributed by atoms with Crippen LogP contribution in [0.4, 0.5) is 5.69 Å². The SMILES string of the molecule is COc1ccc(-[n+]2[nH]oc(=O)c2C(=O)CSC2=N/C(=C/c3ccc(Cl)cc3Cl)C(=O)N2c2ccccc2)cc1. The average molecular weight is 582 g/mol. The molecule has 12 heteroatoms. The third-order valence-corrected chi connectivity index (χ3v) is 7.17. The summed E-state index contributed by atoms with van der Waals surface area (Å²) in [6.07, 6.45) is 1.56. The predicted octanol–water partition coefficient (Wildman–Crippen LogP) is 4.92. The first-order valence-electron chi connectivity index (χ1n) is 11.4. The summed E-state index contributed by atoms with van der Waals surface area (Å²) in [6.45, 7) is 0. The van der Waals surface area contributed by atoms with Crippen LogP contribution in [0.3, 0.4) is 0 Å². The summed E-state index contributed by atoms with van der Waals surface area (Å²) >= 11 is 13.3. The zero-order valence-electron chi connectivity index (χ0n) is 20.3. The highest BCUT2D eigenvalue weighted by atomic mass is 35.5. The lowest BCUT2D eigenvalue weighted by atomic mass is 10.2. The van der Waals surface area contributed by atoms with E-state index >= 15 is 0 Å². The number of aliphatic imine (C=N–C) groups is 1. The Labute approximate surface area is 236 Å². The number of ketones is 1. The molecule has 0 saturated carbocycles. The number of carbonyl (C=O) groups is 2. The Morgan fingerprint density at radius 1 is 1.10 bits per heavy atom. The second-order valence-corrected chi connectivity index (χ2v) is 9.93. The van der Waals surface area contributed by atoms with Crippen molar-refractivity contribution in [3.63, 3.8) is 0 Å². The molecule has 5 rings (SSSR count). The van der Waals surface area contributed by atoms with E-state index in [4.69, 9.17) is 32.5 Å². The van der Waals surface area contributed by atoms with Crippen molar-refractivity contribution < 1.29 is 23.5 Å². The monoisotopic (exact) mass is 581 g/mol. The van der Waals surface area contributed by atoms with Gasteiger partial charge in [0.1, 0.15) is 11.4 Å². The van der Waals surface area contributed by atoms with Crippen LogP contribution in [0.15, 0.2) is 92.8 Å². The van der Waals surface area contributed by atoms with Gasteiger partial charge in [-0.05, 0) is 58.0 Å². The van der Waals surface area contributed by atoms with Crippen molar-refractivity contribution in [3.8, 4) is 11.4 Å². The molecule has 3 aromatic carbocycles. The van der Waals surface area contributed by atoms with Crippen LogP contribution in [-0.4, -0.2) is 35.0 Å². The molecule has 1 amide bonds. The van der Waals surface area contributed by atoms with Crippen LogP contribution in [0.25, 0.3) is 11.8 Å². The molecule has 0 unspecified atom stereocenters. The van der Waals surface area contributed by atoms with Gasteiger partial charge in [-0.15, -0.1) is 0 Å². The first-order valence-corrected chi connectivity index (χ1v) is 13.2. The second kappa shape index (κ2) is 11.3. The molecule has 4 aromatic rings. The number of amidine groups is 1. The van der Waals surface area contributed by atoms with Crippen molar-refractivity contribution in [3.05, 3.63) is 110 Å². The Hall–Kier alpha value is -4.12. The second-order valence-electron chi connectivity index (χ2n) is 8.14. The fraction of sp³-hybridized carbons (Fsp3) is 0.0741. The van der Waals surface area contributed by atoms with E-state index in [0.29, 0.717) is 32.7 Å². The smallest absolute Gasteiger partial charge is 0.438 e. The van der Waals surface area contributed by atoms with Crippen molar-refractivity contribution in [2.75, 3.05) is 17.8 Å². The number of anilines is 1. The van der Waals surface area contributed by atoms with E-state index in [1.807, 2.05) is 6.07 Å². The maximum absolute atomic E-state index is 13.4. The molecule has 0 radical (unpaired) electrons. The van der Waals surface area contributed by atoms with Crippen molar-refractivity contribution in [2.24, 2.45) is 4.99 Å². The van der Waals surface area contributed by atoms with Gasteiger partial charge in [-0.25, -0.2) is 9.79 Å². The molecule has 39 heavy (non-hydrogen) atoms. The lowest BCUT2D eigenvalue weighted by molar-refractivity contribution is -0.672. The minimum absolute atomic E-state index is 0.132. The largest absolute Gasteiger partial charge is 0.497 e. The van der Waals surface area contributed by atoms with Crippen LogP contribution >= 0.6 is 35.0 Å². The minimum atomic E-state index is -0.821. The first-order chi connectivity index (χ1) is 18.9. The molecule has 1 aliphatic rings. The Morgan fingerprint density at radius 2 is 1.85 bits per heavy atom. The third kappa shape index (κ3) is 5.53. The zero-order valence-corrected chi connectivity index (χ0v) is 22.6. The molecule has 9 nitrogen and oxygen atoms in total. The van der Waals surface area contributed by atoms with Crippen molar-refractivity contribution in [1.82, 2.24) is 5.27 Å². The average Bonchev–Trinajstić information content (AvgIpc) is 3.48. The number of para-hydroxylation sites is 1. The Balaban J connectivity index is 1.44. The molecular weight excluding hydrogens is 563 g/mol. The molecule has 0 saturated heterocycles. The summed E-state index contributed by atoms with van der Waals surface area (Å²) < 4.78 is 11.3. The fourth-order valence-corrected chi connectivity index (χ4v) is 5.13. The van der Waals surface area contributed by atoms with E-state index in [0.717, 1.165) is 11.8 Å². The number of hydrogen-bond donors (Lipinski definition) is 1. The Kier molecular flexibility index (Phi) is 7.69. The van der Waals surface area contributed by atoms with Crippen LogP contribution in [0, 0.1) is 0 Å². The number of H-pyrrole nitrogens is 1. The lowest BCUT2D eigenvalue weighted by Crippen LogP contribution is -2.41. The molecule has 196 valence electrons. The molecule has 0 spiro atoms. The minimum Gasteiger partial charge on any atom is -0.497 e. The topological polar surface area (TPSA) is 109 Å². The lowest BCUT2D eigenvalue weighted by Gasteiger charge is -2.17. The zero-order chi connectivity index (χ0) is 27.5. The van der Waals surface area contributed by atoms with Gasteiger partial charge in [0.25, 0.3) is 5.91 Å². The van der Waals surface area contributed by atoms with E-state index in [1.54, 1.807) is 72.8 Å². The number of aromatic nitrogens is 2. The van der Waals surface area contributed by atoms with Gasteiger partial charge in [0.05, 0.1) is 18.6 Å². The van der Waals surface area contributed by atoms with Gasteiger partial charge >= 0.3 is 11.3 Å². The van der Waals surface area contributed by atoms with Crippen molar-refractivity contribution >= 4 is 63.6 Å². The molecule has 1 N–H and O–H groups in total. The van der Waals surface area contributed by atoms with Gasteiger partial charge in [-0.1, -0.05) is 59.2 Å². The molecular formula is C27H19Cl2N4O5S+. The van der Waals surface area contributed by atoms with Crippen LogP contribution in [0.1, 0.15) is 16.1 Å². The maximum atomic E-state index is 13.4. The number of amides is 1. The molecule has 0 bridgehead atoms. The van der Waals surface area contributed by atoms with Crippen LogP contribution in [-0.2, 0) is 4.79 Å². The summed E-state index contributed by atoms with van der Waals surface area (Å²) in [6, 6.07) is 20.5. The fourth-order valence-electron chi connectivity index (χ4n) is 3.79. The number of aromatic amines is 1. The van der Waals surface area contributed by atoms with Crippen molar-refractivity contribution in [2.45, 2.75) is 0 Å².